The number of aryl methyl sites for hydroxylation is 1. The van der Waals surface area contributed by atoms with Crippen LogP contribution in [0.25, 0.3) is 0 Å². The molecule has 20 heavy (non-hydrogen) atoms. The SMILES string of the molecule is Cc1ccc(Br)cc1NC(=O)c1ccnc(NN)c1F. The van der Waals surface area contributed by atoms with Gasteiger partial charge < -0.3 is 10.7 Å². The average Bonchev–Trinajstić information content (AvgIpc) is 2.43. The Morgan fingerprint density at radius 2 is 2.15 bits per heavy atom. The molecule has 0 bridgehead atoms. The number of halogens is 2. The summed E-state index contributed by atoms with van der Waals surface area (Å²) in [4.78, 5) is 15.8. The first-order valence-corrected chi connectivity index (χ1v) is 6.51. The molecule has 0 unspecified atom stereocenters. The average molecular weight is 339 g/mol. The lowest BCUT2D eigenvalue weighted by molar-refractivity contribution is 0.102. The molecular weight excluding hydrogens is 327 g/mol. The predicted octanol–water partition coefficient (Wildman–Crippen LogP) is 2.83. The number of hydrogen-bond donors (Lipinski definition) is 3. The van der Waals surface area contributed by atoms with Crippen LogP contribution in [0.2, 0.25) is 0 Å². The molecule has 0 saturated heterocycles. The minimum atomic E-state index is -0.792. The van der Waals surface area contributed by atoms with Crippen LogP contribution in [-0.4, -0.2) is 10.9 Å². The van der Waals surface area contributed by atoms with Gasteiger partial charge >= 0.3 is 0 Å². The molecule has 1 heterocycles. The summed E-state index contributed by atoms with van der Waals surface area (Å²) in [5, 5.41) is 2.65. The van der Waals surface area contributed by atoms with Crippen LogP contribution in [0.3, 0.4) is 0 Å². The number of rotatable bonds is 3. The summed E-state index contributed by atoms with van der Waals surface area (Å²) in [7, 11) is 0. The number of carbonyl (C=O) groups excluding carboxylic acids is 1. The third-order valence-electron chi connectivity index (χ3n) is 2.72. The van der Waals surface area contributed by atoms with Gasteiger partial charge in [-0.1, -0.05) is 22.0 Å². The maximum atomic E-state index is 13.9. The highest BCUT2D eigenvalue weighted by molar-refractivity contribution is 9.10. The van der Waals surface area contributed by atoms with Crippen molar-refractivity contribution in [1.82, 2.24) is 4.98 Å². The van der Waals surface area contributed by atoms with Crippen molar-refractivity contribution in [3.05, 3.63) is 51.9 Å². The molecular formula is C13H12BrFN4O. The van der Waals surface area contributed by atoms with Crippen LogP contribution in [0.5, 0.6) is 0 Å². The summed E-state index contributed by atoms with van der Waals surface area (Å²) in [5.74, 6) is 3.59. The Labute approximate surface area is 123 Å². The van der Waals surface area contributed by atoms with Crippen molar-refractivity contribution >= 4 is 33.3 Å². The topological polar surface area (TPSA) is 80.0 Å². The molecule has 0 saturated carbocycles. The summed E-state index contributed by atoms with van der Waals surface area (Å²) in [5.41, 5.74) is 3.44. The number of nitrogens with two attached hydrogens (primary N) is 1. The van der Waals surface area contributed by atoms with E-state index in [4.69, 9.17) is 5.84 Å². The van der Waals surface area contributed by atoms with Gasteiger partial charge in [-0.15, -0.1) is 0 Å². The second kappa shape index (κ2) is 5.98. The highest BCUT2D eigenvalue weighted by Gasteiger charge is 2.16. The van der Waals surface area contributed by atoms with Crippen molar-refractivity contribution in [1.29, 1.82) is 0 Å². The van der Waals surface area contributed by atoms with E-state index in [1.165, 1.54) is 12.3 Å². The fourth-order valence-corrected chi connectivity index (χ4v) is 2.00. The molecule has 1 aromatic carbocycles. The molecule has 4 N–H and O–H groups in total. The van der Waals surface area contributed by atoms with Gasteiger partial charge in [0.2, 0.25) is 0 Å². The first kappa shape index (κ1) is 14.4. The van der Waals surface area contributed by atoms with Crippen molar-refractivity contribution in [3.8, 4) is 0 Å². The highest BCUT2D eigenvalue weighted by atomic mass is 79.9. The molecule has 0 aliphatic rings. The van der Waals surface area contributed by atoms with Gasteiger partial charge in [-0.2, -0.15) is 0 Å². The lowest BCUT2D eigenvalue weighted by Crippen LogP contribution is -2.18. The smallest absolute Gasteiger partial charge is 0.258 e. The van der Waals surface area contributed by atoms with Crippen molar-refractivity contribution in [2.45, 2.75) is 6.92 Å². The van der Waals surface area contributed by atoms with Crippen LogP contribution in [0, 0.1) is 12.7 Å². The van der Waals surface area contributed by atoms with Gasteiger partial charge in [-0.3, -0.25) is 4.79 Å². The number of aromatic nitrogens is 1. The van der Waals surface area contributed by atoms with E-state index in [2.05, 4.69) is 31.7 Å². The van der Waals surface area contributed by atoms with Gasteiger partial charge in [0.15, 0.2) is 11.6 Å². The van der Waals surface area contributed by atoms with Crippen molar-refractivity contribution in [3.63, 3.8) is 0 Å². The largest absolute Gasteiger partial charge is 0.322 e. The highest BCUT2D eigenvalue weighted by Crippen LogP contribution is 2.22. The second-order valence-electron chi connectivity index (χ2n) is 4.08. The van der Waals surface area contributed by atoms with Crippen LogP contribution in [0.4, 0.5) is 15.9 Å². The molecule has 0 aliphatic heterocycles. The zero-order valence-corrected chi connectivity index (χ0v) is 12.2. The molecule has 2 aromatic rings. The third-order valence-corrected chi connectivity index (χ3v) is 3.21. The van der Waals surface area contributed by atoms with Crippen LogP contribution in [0.1, 0.15) is 15.9 Å². The van der Waals surface area contributed by atoms with Crippen molar-refractivity contribution in [2.75, 3.05) is 10.7 Å². The number of amides is 1. The van der Waals surface area contributed by atoms with Gasteiger partial charge in [0.05, 0.1) is 5.56 Å². The minimum absolute atomic E-state index is 0.132. The first-order valence-electron chi connectivity index (χ1n) is 5.71. The minimum Gasteiger partial charge on any atom is -0.322 e. The predicted molar refractivity (Wildman–Crippen MR) is 78.8 cm³/mol. The molecule has 0 radical (unpaired) electrons. The number of nitrogens with one attached hydrogen (secondary N) is 2. The Morgan fingerprint density at radius 3 is 2.85 bits per heavy atom. The van der Waals surface area contributed by atoms with E-state index >= 15 is 0 Å². The van der Waals surface area contributed by atoms with E-state index in [9.17, 15) is 9.18 Å². The third kappa shape index (κ3) is 2.94. The zero-order chi connectivity index (χ0) is 14.7. The van der Waals surface area contributed by atoms with E-state index in [0.717, 1.165) is 10.0 Å². The summed E-state index contributed by atoms with van der Waals surface area (Å²) in [6.45, 7) is 1.85. The van der Waals surface area contributed by atoms with Gasteiger partial charge in [0, 0.05) is 16.4 Å². The van der Waals surface area contributed by atoms with E-state index in [0.29, 0.717) is 5.69 Å². The van der Waals surface area contributed by atoms with Crippen LogP contribution < -0.4 is 16.6 Å². The lowest BCUT2D eigenvalue weighted by Gasteiger charge is -2.10. The summed E-state index contributed by atoms with van der Waals surface area (Å²) >= 11 is 3.32. The van der Waals surface area contributed by atoms with E-state index in [1.807, 2.05) is 19.1 Å². The Bertz CT molecular complexity index is 663. The molecule has 0 spiro atoms. The molecule has 5 nitrogen and oxygen atoms in total. The van der Waals surface area contributed by atoms with Crippen LogP contribution >= 0.6 is 15.9 Å². The zero-order valence-electron chi connectivity index (χ0n) is 10.6. The summed E-state index contributed by atoms with van der Waals surface area (Å²) in [6.07, 6.45) is 1.31. The van der Waals surface area contributed by atoms with Crippen molar-refractivity contribution in [2.24, 2.45) is 5.84 Å². The van der Waals surface area contributed by atoms with Gasteiger partial charge in [0.1, 0.15) is 0 Å². The number of nitrogens with zero attached hydrogens (tertiary/aromatic N) is 1. The quantitative estimate of drug-likeness (QED) is 0.593. The summed E-state index contributed by atoms with van der Waals surface area (Å²) in [6, 6.07) is 6.73. The molecule has 0 aliphatic carbocycles. The maximum Gasteiger partial charge on any atom is 0.258 e. The van der Waals surface area contributed by atoms with E-state index in [1.54, 1.807) is 6.07 Å². The van der Waals surface area contributed by atoms with Gasteiger partial charge in [-0.25, -0.2) is 15.2 Å². The number of hydrogen-bond acceptors (Lipinski definition) is 4. The molecule has 2 rings (SSSR count). The van der Waals surface area contributed by atoms with Crippen LogP contribution in [0.15, 0.2) is 34.9 Å². The van der Waals surface area contributed by atoms with E-state index in [-0.39, 0.29) is 11.4 Å². The Kier molecular flexibility index (Phi) is 4.31. The van der Waals surface area contributed by atoms with E-state index < -0.39 is 11.7 Å². The molecule has 0 atom stereocenters. The number of hydrazine groups is 1. The molecule has 104 valence electrons. The number of pyridine rings is 1. The summed E-state index contributed by atoms with van der Waals surface area (Å²) < 4.78 is 14.7. The Hall–Kier alpha value is -1.99. The monoisotopic (exact) mass is 338 g/mol. The fourth-order valence-electron chi connectivity index (χ4n) is 1.64. The number of anilines is 2. The number of nitrogen functional groups attached to an aromatic ring is 1. The fraction of sp³-hybridized carbons (Fsp3) is 0.0769. The number of carbonyl (C=O) groups is 1. The van der Waals surface area contributed by atoms with Crippen LogP contribution in [-0.2, 0) is 0 Å². The molecule has 1 aromatic heterocycles. The molecule has 0 fully saturated rings. The Balaban J connectivity index is 2.31. The van der Waals surface area contributed by atoms with Gasteiger partial charge in [0.25, 0.3) is 5.91 Å². The molecule has 7 heteroatoms. The number of benzene rings is 1. The maximum absolute atomic E-state index is 13.9. The first-order chi connectivity index (χ1) is 9.52. The lowest BCUT2D eigenvalue weighted by atomic mass is 10.2. The van der Waals surface area contributed by atoms with Crippen molar-refractivity contribution < 1.29 is 9.18 Å². The molecule has 1 amide bonds. The standard InChI is InChI=1S/C13H12BrFN4O/c1-7-2-3-8(14)6-10(7)18-13(20)9-4-5-17-12(19-16)11(9)15/h2-6H,16H2,1H3,(H,17,19)(H,18,20). The van der Waals surface area contributed by atoms with Gasteiger partial charge in [-0.05, 0) is 30.7 Å². The Morgan fingerprint density at radius 1 is 1.40 bits per heavy atom. The normalized spacial score (nSPS) is 10.2. The second-order valence-corrected chi connectivity index (χ2v) is 4.99.